The summed E-state index contributed by atoms with van der Waals surface area (Å²) in [7, 11) is 0. The predicted molar refractivity (Wildman–Crippen MR) is 52.5 cm³/mol. The first-order chi connectivity index (χ1) is 6.70. The third-order valence-corrected chi connectivity index (χ3v) is 2.96. The molecule has 1 heterocycles. The molecule has 0 bridgehead atoms. The first-order valence-electron chi connectivity index (χ1n) is 5.12. The molecule has 0 spiro atoms. The van der Waals surface area contributed by atoms with Gasteiger partial charge in [0, 0.05) is 24.8 Å². The number of nitrogens with two attached hydrogens (primary N) is 1. The van der Waals surface area contributed by atoms with Gasteiger partial charge in [0.15, 0.2) is 5.67 Å². The summed E-state index contributed by atoms with van der Waals surface area (Å²) in [6.45, 7) is 2.81. The van der Waals surface area contributed by atoms with Crippen LogP contribution in [0.1, 0.15) is 25.3 Å². The van der Waals surface area contributed by atoms with E-state index in [9.17, 15) is 4.39 Å². The van der Waals surface area contributed by atoms with Crippen molar-refractivity contribution in [3.05, 3.63) is 18.0 Å². The second-order valence-corrected chi connectivity index (χ2v) is 3.93. The highest BCUT2D eigenvalue weighted by molar-refractivity contribution is 5.20. The Bertz CT molecular complexity index is 319. The lowest BCUT2D eigenvalue weighted by atomic mass is 9.93. The van der Waals surface area contributed by atoms with Crippen LogP contribution in [0.5, 0.6) is 0 Å². The van der Waals surface area contributed by atoms with Crippen molar-refractivity contribution in [1.82, 2.24) is 9.78 Å². The van der Waals surface area contributed by atoms with E-state index in [0.29, 0.717) is 5.56 Å². The fraction of sp³-hybridized carbons (Fsp3) is 0.700. The smallest absolute Gasteiger partial charge is 0.153 e. The molecule has 0 amide bonds. The number of hydrogen-bond acceptors (Lipinski definition) is 2. The summed E-state index contributed by atoms with van der Waals surface area (Å²) in [5.74, 6) is 0.113. The molecule has 0 saturated heterocycles. The van der Waals surface area contributed by atoms with E-state index in [1.54, 1.807) is 17.1 Å². The zero-order valence-corrected chi connectivity index (χ0v) is 8.41. The minimum absolute atomic E-state index is 0.0626. The second kappa shape index (κ2) is 3.35. The van der Waals surface area contributed by atoms with E-state index in [-0.39, 0.29) is 12.5 Å². The zero-order chi connectivity index (χ0) is 10.2. The molecule has 1 aromatic heterocycles. The number of nitrogens with zero attached hydrogens (tertiary/aromatic N) is 2. The SMILES string of the molecule is CCn1cc(C(F)(CN)C2CC2)cn1. The van der Waals surface area contributed by atoms with Crippen LogP contribution in [0.2, 0.25) is 0 Å². The molecule has 0 aliphatic heterocycles. The Kier molecular flexibility index (Phi) is 2.31. The number of aromatic nitrogens is 2. The van der Waals surface area contributed by atoms with Gasteiger partial charge in [-0.3, -0.25) is 4.68 Å². The standard InChI is InChI=1S/C10H16FN3/c1-2-14-6-9(5-13-14)10(11,7-12)8-3-4-8/h5-6,8H,2-4,7,12H2,1H3. The molecule has 0 radical (unpaired) electrons. The summed E-state index contributed by atoms with van der Waals surface area (Å²) in [4.78, 5) is 0. The lowest BCUT2D eigenvalue weighted by Gasteiger charge is -2.21. The Balaban J connectivity index is 2.26. The van der Waals surface area contributed by atoms with Crippen LogP contribution in [0.4, 0.5) is 4.39 Å². The Morgan fingerprint density at radius 3 is 2.86 bits per heavy atom. The molecule has 0 aromatic carbocycles. The van der Waals surface area contributed by atoms with Crippen LogP contribution in [-0.2, 0) is 12.2 Å². The van der Waals surface area contributed by atoms with Gasteiger partial charge in [0.2, 0.25) is 0 Å². The normalized spacial score (nSPS) is 20.8. The van der Waals surface area contributed by atoms with E-state index in [0.717, 1.165) is 19.4 Å². The van der Waals surface area contributed by atoms with E-state index in [1.807, 2.05) is 6.92 Å². The van der Waals surface area contributed by atoms with E-state index in [1.165, 1.54) is 0 Å². The fourth-order valence-corrected chi connectivity index (χ4v) is 1.81. The largest absolute Gasteiger partial charge is 0.327 e. The fourth-order valence-electron chi connectivity index (χ4n) is 1.81. The van der Waals surface area contributed by atoms with Crippen LogP contribution in [0.3, 0.4) is 0 Å². The van der Waals surface area contributed by atoms with Gasteiger partial charge in [-0.1, -0.05) is 0 Å². The molecule has 2 N–H and O–H groups in total. The monoisotopic (exact) mass is 197 g/mol. The highest BCUT2D eigenvalue weighted by atomic mass is 19.1. The second-order valence-electron chi connectivity index (χ2n) is 3.93. The Hall–Kier alpha value is -0.900. The average Bonchev–Trinajstić information content (AvgIpc) is 2.95. The Morgan fingerprint density at radius 2 is 2.43 bits per heavy atom. The van der Waals surface area contributed by atoms with Crippen molar-refractivity contribution in [2.45, 2.75) is 32.0 Å². The summed E-state index contributed by atoms with van der Waals surface area (Å²) in [5, 5.41) is 4.08. The first kappa shape index (κ1) is 9.65. The van der Waals surface area contributed by atoms with Crippen LogP contribution in [0.15, 0.2) is 12.4 Å². The number of aryl methyl sites for hydroxylation is 1. The molecule has 1 unspecified atom stereocenters. The molecule has 1 aliphatic carbocycles. The molecule has 1 aliphatic rings. The number of alkyl halides is 1. The van der Waals surface area contributed by atoms with Crippen molar-refractivity contribution in [3.8, 4) is 0 Å². The van der Waals surface area contributed by atoms with E-state index >= 15 is 0 Å². The van der Waals surface area contributed by atoms with Gasteiger partial charge in [0.1, 0.15) is 0 Å². The van der Waals surface area contributed by atoms with E-state index < -0.39 is 5.67 Å². The molecular formula is C10H16FN3. The van der Waals surface area contributed by atoms with E-state index in [4.69, 9.17) is 5.73 Å². The third kappa shape index (κ3) is 1.43. The quantitative estimate of drug-likeness (QED) is 0.793. The van der Waals surface area contributed by atoms with Crippen LogP contribution in [-0.4, -0.2) is 16.3 Å². The molecular weight excluding hydrogens is 181 g/mol. The minimum Gasteiger partial charge on any atom is -0.327 e. The number of hydrogen-bond donors (Lipinski definition) is 1. The maximum Gasteiger partial charge on any atom is 0.153 e. The summed E-state index contributed by atoms with van der Waals surface area (Å²) in [5.41, 5.74) is 4.82. The maximum absolute atomic E-state index is 14.4. The van der Waals surface area contributed by atoms with Gasteiger partial charge in [-0.25, -0.2) is 4.39 Å². The van der Waals surface area contributed by atoms with Crippen molar-refractivity contribution < 1.29 is 4.39 Å². The summed E-state index contributed by atoms with van der Waals surface area (Å²) < 4.78 is 16.1. The Morgan fingerprint density at radius 1 is 1.71 bits per heavy atom. The van der Waals surface area contributed by atoms with Crippen molar-refractivity contribution in [2.24, 2.45) is 11.7 Å². The molecule has 14 heavy (non-hydrogen) atoms. The predicted octanol–water partition coefficient (Wildman–Crippen LogP) is 1.44. The lowest BCUT2D eigenvalue weighted by Crippen LogP contribution is -2.32. The highest BCUT2D eigenvalue weighted by Crippen LogP contribution is 2.47. The maximum atomic E-state index is 14.4. The first-order valence-corrected chi connectivity index (χ1v) is 5.12. The minimum atomic E-state index is -1.34. The van der Waals surface area contributed by atoms with Crippen molar-refractivity contribution in [1.29, 1.82) is 0 Å². The van der Waals surface area contributed by atoms with Crippen LogP contribution in [0, 0.1) is 5.92 Å². The molecule has 1 saturated carbocycles. The van der Waals surface area contributed by atoms with Crippen molar-refractivity contribution >= 4 is 0 Å². The molecule has 78 valence electrons. The van der Waals surface area contributed by atoms with Gasteiger partial charge in [0.25, 0.3) is 0 Å². The summed E-state index contributed by atoms with van der Waals surface area (Å²) >= 11 is 0. The molecule has 1 aromatic rings. The Labute approximate surface area is 83.1 Å². The van der Waals surface area contributed by atoms with Crippen molar-refractivity contribution in [3.63, 3.8) is 0 Å². The van der Waals surface area contributed by atoms with Gasteiger partial charge < -0.3 is 5.73 Å². The van der Waals surface area contributed by atoms with Gasteiger partial charge in [-0.2, -0.15) is 5.10 Å². The molecule has 2 rings (SSSR count). The number of halogens is 1. The summed E-state index contributed by atoms with van der Waals surface area (Å²) in [6.07, 6.45) is 5.27. The van der Waals surface area contributed by atoms with E-state index in [2.05, 4.69) is 5.10 Å². The highest BCUT2D eigenvalue weighted by Gasteiger charge is 2.46. The average molecular weight is 197 g/mol. The molecule has 4 heteroatoms. The van der Waals surface area contributed by atoms with Gasteiger partial charge in [-0.05, 0) is 25.7 Å². The topological polar surface area (TPSA) is 43.8 Å². The zero-order valence-electron chi connectivity index (χ0n) is 8.41. The molecule has 3 nitrogen and oxygen atoms in total. The third-order valence-electron chi connectivity index (χ3n) is 2.96. The molecule has 1 atom stereocenters. The van der Waals surface area contributed by atoms with Crippen LogP contribution < -0.4 is 5.73 Å². The van der Waals surface area contributed by atoms with Crippen molar-refractivity contribution in [2.75, 3.05) is 6.54 Å². The molecule has 1 fully saturated rings. The lowest BCUT2D eigenvalue weighted by molar-refractivity contribution is 0.143. The van der Waals surface area contributed by atoms with Crippen LogP contribution >= 0.6 is 0 Å². The summed E-state index contributed by atoms with van der Waals surface area (Å²) in [6, 6.07) is 0. The van der Waals surface area contributed by atoms with Gasteiger partial charge in [-0.15, -0.1) is 0 Å². The van der Waals surface area contributed by atoms with Crippen LogP contribution in [0.25, 0.3) is 0 Å². The van der Waals surface area contributed by atoms with Gasteiger partial charge >= 0.3 is 0 Å². The van der Waals surface area contributed by atoms with Gasteiger partial charge in [0.05, 0.1) is 6.20 Å². The number of rotatable bonds is 4.